The number of aromatic nitrogens is 2. The van der Waals surface area contributed by atoms with Crippen LogP contribution in [0, 0.1) is 6.92 Å². The van der Waals surface area contributed by atoms with Crippen LogP contribution >= 0.6 is 0 Å². The number of carbonyl (C=O) groups is 1. The summed E-state index contributed by atoms with van der Waals surface area (Å²) in [5.41, 5.74) is 3.91. The fraction of sp³-hybridized carbons (Fsp3) is 0.276. The fourth-order valence-electron chi connectivity index (χ4n) is 4.13. The number of aryl methyl sites for hydroxylation is 2. The number of hydrogen-bond donors (Lipinski definition) is 1. The molecule has 0 atom stereocenters. The predicted octanol–water partition coefficient (Wildman–Crippen LogP) is 4.54. The minimum Gasteiger partial charge on any atom is -0.494 e. The van der Waals surface area contributed by atoms with E-state index in [0.717, 1.165) is 53.0 Å². The maximum Gasteiger partial charge on any atom is 0.250 e. The van der Waals surface area contributed by atoms with E-state index >= 15 is 0 Å². The third-order valence-electron chi connectivity index (χ3n) is 6.21. The van der Waals surface area contributed by atoms with Gasteiger partial charge in [-0.05, 0) is 66.9 Å². The number of carbonyl (C=O) groups excluding carboxylic acids is 1. The molecule has 0 radical (unpaired) electrons. The number of hydrogen-bond acceptors (Lipinski definition) is 5. The maximum absolute atomic E-state index is 12.6. The van der Waals surface area contributed by atoms with Gasteiger partial charge in [-0.15, -0.1) is 0 Å². The number of para-hydroxylation sites is 1. The molecule has 1 amide bonds. The van der Waals surface area contributed by atoms with Crippen LogP contribution in [0.4, 0.5) is 5.69 Å². The number of pyridine rings is 2. The molecule has 0 aliphatic carbocycles. The molecule has 0 saturated heterocycles. The van der Waals surface area contributed by atoms with Gasteiger partial charge < -0.3 is 14.6 Å². The zero-order valence-electron chi connectivity index (χ0n) is 20.8. The van der Waals surface area contributed by atoms with Crippen molar-refractivity contribution in [1.29, 1.82) is 0 Å². The van der Waals surface area contributed by atoms with Gasteiger partial charge in [0.25, 0.3) is 5.56 Å². The lowest BCUT2D eigenvalue weighted by Crippen LogP contribution is -2.29. The third-order valence-corrected chi connectivity index (χ3v) is 6.21. The lowest BCUT2D eigenvalue weighted by Gasteiger charge is -2.22. The molecule has 7 nitrogen and oxygen atoms in total. The molecule has 2 heterocycles. The van der Waals surface area contributed by atoms with E-state index < -0.39 is 0 Å². The Morgan fingerprint density at radius 1 is 1.03 bits per heavy atom. The Kier molecular flexibility index (Phi) is 8.47. The average Bonchev–Trinajstić information content (AvgIpc) is 2.89. The molecule has 1 N–H and O–H groups in total. The van der Waals surface area contributed by atoms with Crippen molar-refractivity contribution in [3.8, 4) is 5.75 Å². The number of nitrogens with one attached hydrogen (secondary N) is 1. The molecular weight excluding hydrogens is 452 g/mol. The Balaban J connectivity index is 1.31. The van der Waals surface area contributed by atoms with E-state index in [0.29, 0.717) is 19.6 Å². The van der Waals surface area contributed by atoms with Crippen LogP contribution in [0.2, 0.25) is 0 Å². The quantitative estimate of drug-likeness (QED) is 0.316. The van der Waals surface area contributed by atoms with Gasteiger partial charge in [0.05, 0.1) is 12.1 Å². The van der Waals surface area contributed by atoms with Crippen LogP contribution in [0.5, 0.6) is 5.75 Å². The van der Waals surface area contributed by atoms with E-state index in [1.54, 1.807) is 30.1 Å². The fourth-order valence-corrected chi connectivity index (χ4v) is 4.13. The second-order valence-corrected chi connectivity index (χ2v) is 8.90. The second-order valence-electron chi connectivity index (χ2n) is 8.90. The normalized spacial score (nSPS) is 11.1. The number of anilines is 1. The first-order valence-electron chi connectivity index (χ1n) is 12.2. The Hall–Kier alpha value is -3.97. The topological polar surface area (TPSA) is 76.5 Å². The number of benzene rings is 2. The minimum atomic E-state index is -0.0296. The van der Waals surface area contributed by atoms with Crippen LogP contribution < -0.4 is 15.6 Å². The molecule has 0 bridgehead atoms. The van der Waals surface area contributed by atoms with Crippen molar-refractivity contribution < 1.29 is 9.53 Å². The lowest BCUT2D eigenvalue weighted by atomic mass is 10.2. The molecule has 0 fully saturated rings. The Labute approximate surface area is 211 Å². The van der Waals surface area contributed by atoms with Gasteiger partial charge in [0.15, 0.2) is 0 Å². The molecule has 4 rings (SSSR count). The van der Waals surface area contributed by atoms with Gasteiger partial charge in [-0.25, -0.2) is 0 Å². The summed E-state index contributed by atoms with van der Waals surface area (Å²) in [5.74, 6) is 0.783. The average molecular weight is 485 g/mol. The summed E-state index contributed by atoms with van der Waals surface area (Å²) in [7, 11) is 1.77. The summed E-state index contributed by atoms with van der Waals surface area (Å²) in [6.07, 6.45) is 4.80. The van der Waals surface area contributed by atoms with Gasteiger partial charge in [-0.1, -0.05) is 18.2 Å². The summed E-state index contributed by atoms with van der Waals surface area (Å²) in [6.45, 7) is 4.72. The van der Waals surface area contributed by atoms with E-state index in [2.05, 4.69) is 15.2 Å². The standard InChI is InChI=1S/C29H32N4O3/c1-22-6-3-4-7-26(22)31-28(34)14-18-33(21-23-12-15-30-16-13-23)17-5-19-36-25-9-10-27-24(20-25)8-11-29(35)32(27)2/h3-4,6-13,15-16,20H,5,14,17-19,21H2,1-2H3,(H,31,34). The van der Waals surface area contributed by atoms with E-state index in [-0.39, 0.29) is 11.5 Å². The summed E-state index contributed by atoms with van der Waals surface area (Å²) < 4.78 is 7.63. The molecule has 186 valence electrons. The number of amides is 1. The van der Waals surface area contributed by atoms with Crippen molar-refractivity contribution in [2.75, 3.05) is 25.0 Å². The van der Waals surface area contributed by atoms with Gasteiger partial charge in [0, 0.05) is 62.6 Å². The van der Waals surface area contributed by atoms with E-state index in [1.165, 1.54) is 0 Å². The van der Waals surface area contributed by atoms with Crippen LogP contribution in [0.15, 0.2) is 83.9 Å². The number of rotatable bonds is 11. The van der Waals surface area contributed by atoms with Crippen molar-refractivity contribution in [3.63, 3.8) is 0 Å². The molecule has 36 heavy (non-hydrogen) atoms. The Morgan fingerprint density at radius 2 is 1.83 bits per heavy atom. The van der Waals surface area contributed by atoms with Crippen molar-refractivity contribution >= 4 is 22.5 Å². The summed E-state index contributed by atoms with van der Waals surface area (Å²) >= 11 is 0. The van der Waals surface area contributed by atoms with Crippen LogP contribution in [0.25, 0.3) is 10.9 Å². The summed E-state index contributed by atoms with van der Waals surface area (Å²) in [5, 5.41) is 3.98. The zero-order valence-corrected chi connectivity index (χ0v) is 20.8. The molecule has 0 aliphatic heterocycles. The van der Waals surface area contributed by atoms with E-state index in [4.69, 9.17) is 4.74 Å². The number of ether oxygens (including phenoxy) is 1. The smallest absolute Gasteiger partial charge is 0.250 e. The highest BCUT2D eigenvalue weighted by molar-refractivity contribution is 5.91. The lowest BCUT2D eigenvalue weighted by molar-refractivity contribution is -0.116. The monoisotopic (exact) mass is 484 g/mol. The molecule has 4 aromatic rings. The predicted molar refractivity (Wildman–Crippen MR) is 143 cm³/mol. The minimum absolute atomic E-state index is 0.00541. The maximum atomic E-state index is 12.6. The molecule has 0 saturated carbocycles. The Bertz CT molecular complexity index is 1370. The first kappa shape index (κ1) is 25.1. The highest BCUT2D eigenvalue weighted by atomic mass is 16.5. The van der Waals surface area contributed by atoms with Gasteiger partial charge >= 0.3 is 0 Å². The summed E-state index contributed by atoms with van der Waals surface area (Å²) in [4.78, 5) is 30.8. The van der Waals surface area contributed by atoms with Gasteiger partial charge in [0.1, 0.15) is 5.75 Å². The molecule has 0 unspecified atom stereocenters. The first-order chi connectivity index (χ1) is 17.5. The van der Waals surface area contributed by atoms with Crippen molar-refractivity contribution in [3.05, 3.63) is 101 Å². The molecule has 2 aromatic carbocycles. The van der Waals surface area contributed by atoms with Gasteiger partial charge in [-0.3, -0.25) is 19.5 Å². The molecular formula is C29H32N4O3. The first-order valence-corrected chi connectivity index (χ1v) is 12.2. The largest absolute Gasteiger partial charge is 0.494 e. The van der Waals surface area contributed by atoms with E-state index in [9.17, 15) is 9.59 Å². The highest BCUT2D eigenvalue weighted by Gasteiger charge is 2.11. The number of fused-ring (bicyclic) bond motifs is 1. The second kappa shape index (κ2) is 12.1. The van der Waals surface area contributed by atoms with Gasteiger partial charge in [0.2, 0.25) is 5.91 Å². The van der Waals surface area contributed by atoms with Crippen LogP contribution in [0.1, 0.15) is 24.0 Å². The van der Waals surface area contributed by atoms with Crippen LogP contribution in [-0.4, -0.2) is 40.1 Å². The Morgan fingerprint density at radius 3 is 2.64 bits per heavy atom. The number of nitrogens with zero attached hydrogens (tertiary/aromatic N) is 3. The SMILES string of the molecule is Cc1ccccc1NC(=O)CCN(CCCOc1ccc2c(ccc(=O)n2C)c1)Cc1ccncc1. The summed E-state index contributed by atoms with van der Waals surface area (Å²) in [6, 6.07) is 21.0. The van der Waals surface area contributed by atoms with Gasteiger partial charge in [-0.2, -0.15) is 0 Å². The van der Waals surface area contributed by atoms with E-state index in [1.807, 2.05) is 67.6 Å². The van der Waals surface area contributed by atoms with Crippen LogP contribution in [-0.2, 0) is 18.4 Å². The third kappa shape index (κ3) is 6.79. The molecule has 0 spiro atoms. The molecule has 0 aliphatic rings. The zero-order chi connectivity index (χ0) is 25.3. The molecule has 7 heteroatoms. The van der Waals surface area contributed by atoms with Crippen molar-refractivity contribution in [2.24, 2.45) is 7.05 Å². The van der Waals surface area contributed by atoms with Crippen molar-refractivity contribution in [2.45, 2.75) is 26.3 Å². The van der Waals surface area contributed by atoms with Crippen LogP contribution in [0.3, 0.4) is 0 Å². The van der Waals surface area contributed by atoms with Crippen molar-refractivity contribution in [1.82, 2.24) is 14.5 Å². The highest BCUT2D eigenvalue weighted by Crippen LogP contribution is 2.19. The molecule has 2 aromatic heterocycles.